The lowest BCUT2D eigenvalue weighted by molar-refractivity contribution is 0.103. The second kappa shape index (κ2) is 4.23. The van der Waals surface area contributed by atoms with Crippen molar-refractivity contribution in [1.82, 2.24) is 0 Å². The number of hydrogen-bond acceptors (Lipinski definition) is 5. The van der Waals surface area contributed by atoms with E-state index in [-0.39, 0.29) is 12.7 Å². The van der Waals surface area contributed by atoms with E-state index in [0.29, 0.717) is 27.8 Å². The van der Waals surface area contributed by atoms with Gasteiger partial charge < -0.3 is 20.5 Å². The van der Waals surface area contributed by atoms with Gasteiger partial charge in [0, 0.05) is 12.1 Å². The Bertz CT molecular complexity index is 596. The number of nitrogens with one attached hydrogen (secondary N) is 1. The molecule has 1 aliphatic heterocycles. The molecule has 5 nitrogen and oxygen atoms in total. The first-order valence-electron chi connectivity index (χ1n) is 5.28. The van der Waals surface area contributed by atoms with Crippen LogP contribution in [0.4, 0.5) is 11.4 Å². The molecular weight excluding hydrogens is 252 g/mol. The Morgan fingerprint density at radius 1 is 1.33 bits per heavy atom. The third-order valence-corrected chi connectivity index (χ3v) is 3.41. The number of rotatable bonds is 2. The highest BCUT2D eigenvalue weighted by Gasteiger charge is 2.17. The molecule has 1 amide bonds. The fourth-order valence-electron chi connectivity index (χ4n) is 1.66. The van der Waals surface area contributed by atoms with Gasteiger partial charge >= 0.3 is 0 Å². The van der Waals surface area contributed by atoms with Crippen LogP contribution in [0, 0.1) is 0 Å². The summed E-state index contributed by atoms with van der Waals surface area (Å²) in [4.78, 5) is 12.5. The average molecular weight is 262 g/mol. The summed E-state index contributed by atoms with van der Waals surface area (Å²) in [5.74, 6) is 1.00. The highest BCUT2D eigenvalue weighted by atomic mass is 32.1. The number of ether oxygens (including phenoxy) is 2. The number of amides is 1. The molecule has 0 saturated carbocycles. The minimum Gasteiger partial charge on any atom is -0.454 e. The van der Waals surface area contributed by atoms with Crippen LogP contribution in [0.2, 0.25) is 0 Å². The number of nitrogens with two attached hydrogens (primary N) is 1. The summed E-state index contributed by atoms with van der Waals surface area (Å²) in [6.45, 7) is 0.178. The number of carbonyl (C=O) groups is 1. The fraction of sp³-hybridized carbons (Fsp3) is 0.0833. The third kappa shape index (κ3) is 1.86. The van der Waals surface area contributed by atoms with Crippen molar-refractivity contribution in [3.63, 3.8) is 0 Å². The number of thiophene rings is 1. The topological polar surface area (TPSA) is 73.6 Å². The van der Waals surface area contributed by atoms with Gasteiger partial charge in [-0.2, -0.15) is 0 Å². The first-order valence-corrected chi connectivity index (χ1v) is 6.16. The van der Waals surface area contributed by atoms with Crippen molar-refractivity contribution >= 4 is 28.6 Å². The van der Waals surface area contributed by atoms with Gasteiger partial charge in [0.2, 0.25) is 6.79 Å². The molecule has 0 bridgehead atoms. The van der Waals surface area contributed by atoms with E-state index >= 15 is 0 Å². The van der Waals surface area contributed by atoms with Crippen molar-refractivity contribution in [2.45, 2.75) is 0 Å². The van der Waals surface area contributed by atoms with Crippen LogP contribution in [0.15, 0.2) is 29.6 Å². The highest BCUT2D eigenvalue weighted by molar-refractivity contribution is 7.12. The molecule has 92 valence electrons. The number of nitrogen functional groups attached to an aromatic ring is 1. The monoisotopic (exact) mass is 262 g/mol. The summed E-state index contributed by atoms with van der Waals surface area (Å²) in [5.41, 5.74) is 6.82. The van der Waals surface area contributed by atoms with E-state index in [0.717, 1.165) is 0 Å². The van der Waals surface area contributed by atoms with Crippen molar-refractivity contribution in [3.8, 4) is 11.5 Å². The maximum Gasteiger partial charge on any atom is 0.265 e. The van der Waals surface area contributed by atoms with Crippen molar-refractivity contribution in [3.05, 3.63) is 34.5 Å². The lowest BCUT2D eigenvalue weighted by atomic mass is 10.2. The Balaban J connectivity index is 1.87. The predicted octanol–water partition coefficient (Wildman–Crippen LogP) is 2.31. The molecule has 3 N–H and O–H groups in total. The van der Waals surface area contributed by atoms with Crippen molar-refractivity contribution in [1.29, 1.82) is 0 Å². The average Bonchev–Trinajstić information content (AvgIpc) is 2.98. The van der Waals surface area contributed by atoms with Crippen LogP contribution in [0.1, 0.15) is 9.67 Å². The molecule has 0 spiro atoms. The molecule has 0 aliphatic carbocycles. The standard InChI is InChI=1S/C12H10N2O3S/c13-7-4-9-10(17-6-16-9)5-8(7)14-12(15)11-2-1-3-18-11/h1-5H,6,13H2,(H,14,15). The van der Waals surface area contributed by atoms with Gasteiger partial charge in [-0.15, -0.1) is 11.3 Å². The SMILES string of the molecule is Nc1cc2c(cc1NC(=O)c1cccs1)OCO2. The minimum atomic E-state index is -0.185. The van der Waals surface area contributed by atoms with E-state index < -0.39 is 0 Å². The summed E-state index contributed by atoms with van der Waals surface area (Å²) >= 11 is 1.37. The summed E-state index contributed by atoms with van der Waals surface area (Å²) < 4.78 is 10.4. The Kier molecular flexibility index (Phi) is 2.56. The molecule has 0 saturated heterocycles. The molecule has 18 heavy (non-hydrogen) atoms. The van der Waals surface area contributed by atoms with Crippen molar-refractivity contribution in [2.75, 3.05) is 17.8 Å². The fourth-order valence-corrected chi connectivity index (χ4v) is 2.28. The van der Waals surface area contributed by atoms with Gasteiger partial charge in [-0.25, -0.2) is 0 Å². The lowest BCUT2D eigenvalue weighted by Crippen LogP contribution is -2.11. The second-order valence-corrected chi connectivity index (χ2v) is 4.67. The number of hydrogen-bond donors (Lipinski definition) is 2. The van der Waals surface area contributed by atoms with Crippen LogP contribution in [-0.4, -0.2) is 12.7 Å². The second-order valence-electron chi connectivity index (χ2n) is 3.72. The van der Waals surface area contributed by atoms with Gasteiger partial charge in [0.1, 0.15) is 0 Å². The van der Waals surface area contributed by atoms with E-state index in [4.69, 9.17) is 15.2 Å². The third-order valence-electron chi connectivity index (χ3n) is 2.54. The van der Waals surface area contributed by atoms with Crippen molar-refractivity contribution < 1.29 is 14.3 Å². The molecule has 0 fully saturated rings. The first-order chi connectivity index (χ1) is 8.74. The zero-order valence-corrected chi connectivity index (χ0v) is 10.1. The zero-order valence-electron chi connectivity index (χ0n) is 9.30. The van der Waals surface area contributed by atoms with Gasteiger partial charge in [-0.05, 0) is 11.4 Å². The van der Waals surface area contributed by atoms with Gasteiger partial charge in [0.15, 0.2) is 11.5 Å². The molecule has 1 aromatic heterocycles. The molecule has 2 heterocycles. The molecule has 0 radical (unpaired) electrons. The largest absolute Gasteiger partial charge is 0.454 e. The maximum absolute atomic E-state index is 11.9. The lowest BCUT2D eigenvalue weighted by Gasteiger charge is -2.08. The molecular formula is C12H10N2O3S. The molecule has 0 unspecified atom stereocenters. The Labute approximate surface area is 107 Å². The Morgan fingerprint density at radius 3 is 2.83 bits per heavy atom. The summed E-state index contributed by atoms with van der Waals surface area (Å²) in [6.07, 6.45) is 0. The number of fused-ring (bicyclic) bond motifs is 1. The van der Waals surface area contributed by atoms with E-state index in [9.17, 15) is 4.79 Å². The smallest absolute Gasteiger partial charge is 0.265 e. The predicted molar refractivity (Wildman–Crippen MR) is 69.2 cm³/mol. The first kappa shape index (κ1) is 10.9. The van der Waals surface area contributed by atoms with Gasteiger partial charge in [-0.1, -0.05) is 6.07 Å². The van der Waals surface area contributed by atoms with Crippen LogP contribution >= 0.6 is 11.3 Å². The Hall–Kier alpha value is -2.21. The van der Waals surface area contributed by atoms with Crippen LogP contribution in [0.3, 0.4) is 0 Å². The highest BCUT2D eigenvalue weighted by Crippen LogP contribution is 2.38. The van der Waals surface area contributed by atoms with Crippen LogP contribution in [0.25, 0.3) is 0 Å². The summed E-state index contributed by atoms with van der Waals surface area (Å²) in [7, 11) is 0. The van der Waals surface area contributed by atoms with Crippen LogP contribution in [-0.2, 0) is 0 Å². The molecule has 3 rings (SSSR count). The van der Waals surface area contributed by atoms with Gasteiger partial charge in [-0.3, -0.25) is 4.79 Å². The molecule has 0 atom stereocenters. The molecule has 2 aromatic rings. The molecule has 1 aromatic carbocycles. The Morgan fingerprint density at radius 2 is 2.11 bits per heavy atom. The molecule has 1 aliphatic rings. The van der Waals surface area contributed by atoms with Gasteiger partial charge in [0.05, 0.1) is 16.3 Å². The van der Waals surface area contributed by atoms with Crippen molar-refractivity contribution in [2.24, 2.45) is 0 Å². The quantitative estimate of drug-likeness (QED) is 0.814. The zero-order chi connectivity index (χ0) is 12.5. The van der Waals surface area contributed by atoms with E-state index in [1.165, 1.54) is 11.3 Å². The molecule has 6 heteroatoms. The van der Waals surface area contributed by atoms with Gasteiger partial charge in [0.25, 0.3) is 5.91 Å². The maximum atomic E-state index is 11.9. The normalized spacial score (nSPS) is 12.4. The summed E-state index contributed by atoms with van der Waals surface area (Å²) in [5, 5.41) is 4.60. The minimum absolute atomic E-state index is 0.178. The van der Waals surface area contributed by atoms with E-state index in [1.807, 2.05) is 11.4 Å². The number of anilines is 2. The van der Waals surface area contributed by atoms with E-state index in [1.54, 1.807) is 18.2 Å². The van der Waals surface area contributed by atoms with Crippen LogP contribution in [0.5, 0.6) is 11.5 Å². The number of benzene rings is 1. The summed E-state index contributed by atoms with van der Waals surface area (Å²) in [6, 6.07) is 6.89. The van der Waals surface area contributed by atoms with Crippen LogP contribution < -0.4 is 20.5 Å². The number of carbonyl (C=O) groups excluding carboxylic acids is 1. The van der Waals surface area contributed by atoms with E-state index in [2.05, 4.69) is 5.32 Å².